The van der Waals surface area contributed by atoms with E-state index in [2.05, 4.69) is 32.9 Å². The molecule has 40 heavy (non-hydrogen) atoms. The van der Waals surface area contributed by atoms with Crippen molar-refractivity contribution in [1.29, 1.82) is 0 Å². The topological polar surface area (TPSA) is 128 Å². The fourth-order valence-electron chi connectivity index (χ4n) is 4.64. The van der Waals surface area contributed by atoms with E-state index in [9.17, 15) is 22.7 Å². The van der Waals surface area contributed by atoms with Gasteiger partial charge in [0.25, 0.3) is 5.91 Å². The number of carbonyl (C=O) groups excluding carboxylic acids is 2. The van der Waals surface area contributed by atoms with Crippen molar-refractivity contribution < 1.29 is 31.9 Å². The van der Waals surface area contributed by atoms with Gasteiger partial charge in [-0.15, -0.1) is 0 Å². The van der Waals surface area contributed by atoms with E-state index >= 15 is 0 Å². The highest BCUT2D eigenvalue weighted by Crippen LogP contribution is 2.35. The van der Waals surface area contributed by atoms with E-state index in [4.69, 9.17) is 9.15 Å². The van der Waals surface area contributed by atoms with Crippen molar-refractivity contribution in [1.82, 2.24) is 19.5 Å². The van der Waals surface area contributed by atoms with E-state index in [-0.39, 0.29) is 36.0 Å². The number of benzene rings is 1. The van der Waals surface area contributed by atoms with E-state index in [1.165, 1.54) is 35.6 Å². The van der Waals surface area contributed by atoms with Gasteiger partial charge in [0.2, 0.25) is 5.71 Å². The third-order valence-corrected chi connectivity index (χ3v) is 8.07. The lowest BCUT2D eigenvalue weighted by Crippen LogP contribution is -2.45. The molecule has 0 aliphatic carbocycles. The van der Waals surface area contributed by atoms with E-state index in [0.29, 0.717) is 33.3 Å². The molecule has 0 saturated carbocycles. The highest BCUT2D eigenvalue weighted by molar-refractivity contribution is 14.1. The Bertz CT molecular complexity index is 1430. The Morgan fingerprint density at radius 2 is 2.02 bits per heavy atom. The minimum absolute atomic E-state index is 0.0187. The molecule has 1 aliphatic heterocycles. The van der Waals surface area contributed by atoms with Crippen LogP contribution in [0.15, 0.2) is 34.7 Å². The van der Waals surface area contributed by atoms with Gasteiger partial charge in [0.15, 0.2) is 0 Å². The Morgan fingerprint density at radius 1 is 1.32 bits per heavy atom. The second-order valence-electron chi connectivity index (χ2n) is 10.6. The van der Waals surface area contributed by atoms with Crippen LogP contribution in [-0.4, -0.2) is 67.2 Å². The molecule has 2 atom stereocenters. The van der Waals surface area contributed by atoms with Crippen LogP contribution < -0.4 is 5.32 Å². The number of fused-ring (bicyclic) bond motifs is 1. The monoisotopic (exact) mass is 685 g/mol. The van der Waals surface area contributed by atoms with Crippen LogP contribution in [0.3, 0.4) is 0 Å². The molecule has 1 aliphatic rings. The summed E-state index contributed by atoms with van der Waals surface area (Å²) >= 11 is -0.492. The number of nitrogens with zero attached hydrogens (tertiary/aromatic N) is 3. The molecule has 2 amide bonds. The van der Waals surface area contributed by atoms with Gasteiger partial charge in [0.1, 0.15) is 17.2 Å². The largest absolute Gasteiger partial charge is 0.760 e. The van der Waals surface area contributed by atoms with Gasteiger partial charge in [0.05, 0.1) is 23.2 Å². The first-order valence-electron chi connectivity index (χ1n) is 12.8. The van der Waals surface area contributed by atoms with E-state index in [1.807, 2.05) is 0 Å². The first-order chi connectivity index (χ1) is 18.9. The van der Waals surface area contributed by atoms with E-state index < -0.39 is 34.7 Å². The van der Waals surface area contributed by atoms with Crippen molar-refractivity contribution in [2.24, 2.45) is 5.92 Å². The fourth-order valence-corrected chi connectivity index (χ4v) is 5.80. The number of piperidine rings is 1. The fraction of sp³-hybridized carbons (Fsp3) is 0.444. The maximum atomic E-state index is 13.5. The SMILES string of the molecule is CNC(=O)c1c(-c2ccc(F)cc2)oc2nc(CN(CC3CCCN(C(=O)OC(C)(C)C)C3)S(=O)[O-])c(I)cc12. The highest BCUT2D eigenvalue weighted by Gasteiger charge is 2.30. The predicted octanol–water partition coefficient (Wildman–Crippen LogP) is 4.84. The quantitative estimate of drug-likeness (QED) is 0.279. The molecule has 1 aromatic carbocycles. The number of ether oxygens (including phenoxy) is 1. The number of nitrogens with one attached hydrogen (secondary N) is 1. The van der Waals surface area contributed by atoms with Crippen LogP contribution in [0.4, 0.5) is 9.18 Å². The molecular weight excluding hydrogens is 654 g/mol. The van der Waals surface area contributed by atoms with Crippen LogP contribution >= 0.6 is 22.6 Å². The lowest BCUT2D eigenvalue weighted by Gasteiger charge is -2.36. The number of amides is 2. The molecule has 2 aromatic heterocycles. The molecular formula is C27H31FIN4O6S-. The third kappa shape index (κ3) is 7.17. The number of likely N-dealkylation sites (tertiary alicyclic amines) is 1. The van der Waals surface area contributed by atoms with Gasteiger partial charge in [0, 0.05) is 47.1 Å². The second kappa shape index (κ2) is 12.5. The summed E-state index contributed by atoms with van der Waals surface area (Å²) < 4.78 is 51.4. The summed E-state index contributed by atoms with van der Waals surface area (Å²) in [6, 6.07) is 7.30. The summed E-state index contributed by atoms with van der Waals surface area (Å²) in [5, 5.41) is 3.06. The van der Waals surface area contributed by atoms with E-state index in [1.54, 1.807) is 31.7 Å². The van der Waals surface area contributed by atoms with Gasteiger partial charge >= 0.3 is 6.09 Å². The zero-order chi connectivity index (χ0) is 29.2. The van der Waals surface area contributed by atoms with Crippen LogP contribution in [0, 0.1) is 15.3 Å². The maximum absolute atomic E-state index is 13.5. The lowest BCUT2D eigenvalue weighted by molar-refractivity contribution is 0.0156. The molecule has 2 unspecified atom stereocenters. The standard InChI is InChI=1S/C27H32FIN4O6S/c1-27(2,3)39-26(35)32-11-5-6-16(13-32)14-33(40(36)37)15-21-20(29)12-19-22(24(34)30-4)23(38-25(19)31-21)17-7-9-18(28)10-8-17/h7-10,12,16H,5-6,11,13-15H2,1-4H3,(H,30,34)(H,36,37)/p-1. The Balaban J connectivity index is 1.59. The van der Waals surface area contributed by atoms with Crippen LogP contribution in [0.25, 0.3) is 22.4 Å². The van der Waals surface area contributed by atoms with Crippen LogP contribution in [-0.2, 0) is 22.5 Å². The maximum Gasteiger partial charge on any atom is 0.410 e. The molecule has 13 heteroatoms. The number of rotatable bonds is 7. The predicted molar refractivity (Wildman–Crippen MR) is 155 cm³/mol. The summed E-state index contributed by atoms with van der Waals surface area (Å²) in [5.74, 6) is -0.649. The molecule has 3 aromatic rings. The van der Waals surface area contributed by atoms with Crippen molar-refractivity contribution in [3.63, 3.8) is 0 Å². The van der Waals surface area contributed by atoms with Gasteiger partial charge in [-0.2, -0.15) is 0 Å². The number of carbonyl (C=O) groups is 2. The molecule has 216 valence electrons. The summed E-state index contributed by atoms with van der Waals surface area (Å²) in [6.45, 7) is 6.55. The molecule has 4 rings (SSSR count). The minimum Gasteiger partial charge on any atom is -0.760 e. The first kappa shape index (κ1) is 30.3. The number of hydrogen-bond acceptors (Lipinski definition) is 7. The zero-order valence-electron chi connectivity index (χ0n) is 22.7. The second-order valence-corrected chi connectivity index (χ2v) is 12.7. The summed E-state index contributed by atoms with van der Waals surface area (Å²) in [6.07, 6.45) is 1.10. The van der Waals surface area contributed by atoms with Gasteiger partial charge in [-0.05, 0) is 92.5 Å². The number of furan rings is 1. The van der Waals surface area contributed by atoms with Crippen LogP contribution in [0.2, 0.25) is 0 Å². The van der Waals surface area contributed by atoms with Crippen molar-refractivity contribution in [3.05, 3.63) is 51.0 Å². The van der Waals surface area contributed by atoms with E-state index in [0.717, 1.165) is 12.8 Å². The average Bonchev–Trinajstić information content (AvgIpc) is 3.25. The minimum atomic E-state index is -2.55. The number of pyridine rings is 1. The highest BCUT2D eigenvalue weighted by atomic mass is 127. The summed E-state index contributed by atoms with van der Waals surface area (Å²) in [7, 11) is 1.50. The van der Waals surface area contributed by atoms with Crippen molar-refractivity contribution in [2.75, 3.05) is 26.7 Å². The summed E-state index contributed by atoms with van der Waals surface area (Å²) in [4.78, 5) is 31.6. The first-order valence-corrected chi connectivity index (χ1v) is 14.9. The number of halogens is 2. The van der Waals surface area contributed by atoms with Gasteiger partial charge in [-0.1, -0.05) is 0 Å². The van der Waals surface area contributed by atoms with Crippen LogP contribution in [0.1, 0.15) is 49.7 Å². The van der Waals surface area contributed by atoms with Crippen molar-refractivity contribution in [3.8, 4) is 11.3 Å². The van der Waals surface area contributed by atoms with Crippen molar-refractivity contribution >= 4 is 57.0 Å². The summed E-state index contributed by atoms with van der Waals surface area (Å²) in [5.41, 5.74) is 0.769. The molecule has 1 fully saturated rings. The molecule has 0 bridgehead atoms. The third-order valence-electron chi connectivity index (χ3n) is 6.44. The molecule has 0 radical (unpaired) electrons. The van der Waals surface area contributed by atoms with Crippen molar-refractivity contribution in [2.45, 2.75) is 45.8 Å². The average molecular weight is 686 g/mol. The van der Waals surface area contributed by atoms with Crippen LogP contribution in [0.5, 0.6) is 0 Å². The molecule has 1 N–H and O–H groups in total. The van der Waals surface area contributed by atoms with Gasteiger partial charge in [-0.3, -0.25) is 9.00 Å². The normalized spacial score (nSPS) is 16.8. The zero-order valence-corrected chi connectivity index (χ0v) is 25.6. The molecule has 3 heterocycles. The molecule has 1 saturated heterocycles. The molecule has 10 nitrogen and oxygen atoms in total. The number of hydrogen-bond donors (Lipinski definition) is 1. The smallest absolute Gasteiger partial charge is 0.410 e. The lowest BCUT2D eigenvalue weighted by atomic mass is 9.98. The Labute approximate surface area is 248 Å². The number of aromatic nitrogens is 1. The van der Waals surface area contributed by atoms with Gasteiger partial charge in [-0.25, -0.2) is 18.5 Å². The molecule has 0 spiro atoms. The Hall–Kier alpha value is -2.62. The van der Waals surface area contributed by atoms with Gasteiger partial charge < -0.3 is 23.9 Å². The Kier molecular flexibility index (Phi) is 9.47. The Morgan fingerprint density at radius 3 is 2.65 bits per heavy atom.